The Balaban J connectivity index is 1.98. The number of benzene rings is 2. The van der Waals surface area contributed by atoms with E-state index in [1.165, 1.54) is 6.07 Å². The number of carbonyl (C=O) groups excluding carboxylic acids is 1. The van der Waals surface area contributed by atoms with E-state index in [0.29, 0.717) is 0 Å². The maximum absolute atomic E-state index is 12.2. The number of rotatable bonds is 7. The molecule has 0 aliphatic carbocycles. The number of hydrogen-bond donors (Lipinski definition) is 1. The summed E-state index contributed by atoms with van der Waals surface area (Å²) in [6.45, 7) is 3.25. The molecule has 0 spiro atoms. The van der Waals surface area contributed by atoms with Crippen molar-refractivity contribution in [2.75, 3.05) is 13.2 Å². The van der Waals surface area contributed by atoms with Crippen LogP contribution in [-0.2, 0) is 19.6 Å². The fourth-order valence-corrected chi connectivity index (χ4v) is 3.06. The number of carbonyl (C=O) groups is 1. The van der Waals surface area contributed by atoms with Crippen LogP contribution in [0.1, 0.15) is 6.42 Å². The second-order valence-corrected chi connectivity index (χ2v) is 7.14. The first-order valence-corrected chi connectivity index (χ1v) is 8.72. The zero-order valence-corrected chi connectivity index (χ0v) is 13.9. The fraction of sp³-hybridized carbons (Fsp3) is 0.188. The smallest absolute Gasteiger partial charge is 0.307 e. The average Bonchev–Trinajstić information content (AvgIpc) is 2.52. The maximum Gasteiger partial charge on any atom is 0.307 e. The Morgan fingerprint density at radius 2 is 1.87 bits per heavy atom. The zero-order valence-electron chi connectivity index (χ0n) is 12.3. The summed E-state index contributed by atoms with van der Waals surface area (Å²) in [7, 11) is -3.68. The molecule has 0 aromatic heterocycles. The molecule has 2 rings (SSSR count). The van der Waals surface area contributed by atoms with Gasteiger partial charge in [0.05, 0.1) is 11.3 Å². The molecule has 0 saturated heterocycles. The van der Waals surface area contributed by atoms with Gasteiger partial charge in [-0.2, -0.15) is 0 Å². The van der Waals surface area contributed by atoms with Crippen LogP contribution < -0.4 is 4.72 Å². The van der Waals surface area contributed by atoms with Crippen molar-refractivity contribution < 1.29 is 17.9 Å². The van der Waals surface area contributed by atoms with Gasteiger partial charge in [0.25, 0.3) is 0 Å². The number of esters is 1. The van der Waals surface area contributed by atoms with Crippen LogP contribution in [0.3, 0.4) is 0 Å². The topological polar surface area (TPSA) is 72.5 Å². The van der Waals surface area contributed by atoms with E-state index in [4.69, 9.17) is 16.3 Å². The number of hydrogen-bond acceptors (Lipinski definition) is 4. The minimum Gasteiger partial charge on any atom is -0.460 e. The van der Waals surface area contributed by atoms with Gasteiger partial charge in [-0.1, -0.05) is 48.5 Å². The van der Waals surface area contributed by atoms with Crippen molar-refractivity contribution in [3.8, 4) is 0 Å². The normalized spacial score (nSPS) is 11.3. The molecule has 122 valence electrons. The second kappa shape index (κ2) is 7.59. The summed E-state index contributed by atoms with van der Waals surface area (Å²) in [5, 5.41) is 1.99. The SMILES string of the molecule is C=C(Cl)COC(=O)CCNS(=O)(=O)c1ccc2ccccc2c1. The van der Waals surface area contributed by atoms with Crippen molar-refractivity contribution in [3.05, 3.63) is 54.1 Å². The molecule has 23 heavy (non-hydrogen) atoms. The van der Waals surface area contributed by atoms with Crippen LogP contribution in [0.25, 0.3) is 10.8 Å². The van der Waals surface area contributed by atoms with E-state index in [1.54, 1.807) is 12.1 Å². The Bertz CT molecular complexity index is 833. The molecule has 1 N–H and O–H groups in total. The first-order chi connectivity index (χ1) is 10.9. The Morgan fingerprint density at radius 3 is 2.57 bits per heavy atom. The van der Waals surface area contributed by atoms with Crippen molar-refractivity contribution in [1.82, 2.24) is 4.72 Å². The van der Waals surface area contributed by atoms with E-state index < -0.39 is 16.0 Å². The number of nitrogens with one attached hydrogen (secondary N) is 1. The Labute approximate surface area is 140 Å². The van der Waals surface area contributed by atoms with Crippen LogP contribution in [0.2, 0.25) is 0 Å². The summed E-state index contributed by atoms with van der Waals surface area (Å²) >= 11 is 5.47. The van der Waals surface area contributed by atoms with E-state index in [1.807, 2.05) is 24.3 Å². The van der Waals surface area contributed by atoms with Gasteiger partial charge >= 0.3 is 5.97 Å². The van der Waals surface area contributed by atoms with E-state index >= 15 is 0 Å². The molecule has 0 radical (unpaired) electrons. The third-order valence-electron chi connectivity index (χ3n) is 3.04. The molecule has 2 aromatic carbocycles. The first-order valence-electron chi connectivity index (χ1n) is 6.86. The van der Waals surface area contributed by atoms with Gasteiger partial charge in [-0.3, -0.25) is 4.79 Å². The monoisotopic (exact) mass is 353 g/mol. The molecule has 0 atom stereocenters. The van der Waals surface area contributed by atoms with Crippen molar-refractivity contribution in [1.29, 1.82) is 0 Å². The zero-order chi connectivity index (χ0) is 16.9. The molecule has 0 aliphatic heterocycles. The van der Waals surface area contributed by atoms with Gasteiger partial charge in [0, 0.05) is 11.6 Å². The lowest BCUT2D eigenvalue weighted by atomic mass is 10.1. The highest BCUT2D eigenvalue weighted by Crippen LogP contribution is 2.18. The quantitative estimate of drug-likeness (QED) is 0.777. The molecular weight excluding hydrogens is 338 g/mol. The third-order valence-corrected chi connectivity index (χ3v) is 4.61. The molecule has 0 bridgehead atoms. The van der Waals surface area contributed by atoms with Crippen molar-refractivity contribution in [2.24, 2.45) is 0 Å². The van der Waals surface area contributed by atoms with Crippen LogP contribution in [0, 0.1) is 0 Å². The molecule has 0 aliphatic rings. The summed E-state index contributed by atoms with van der Waals surface area (Å²) in [6.07, 6.45) is -0.0863. The first kappa shape index (κ1) is 17.5. The summed E-state index contributed by atoms with van der Waals surface area (Å²) < 4.78 is 31.6. The lowest BCUT2D eigenvalue weighted by Crippen LogP contribution is -2.26. The highest BCUT2D eigenvalue weighted by Gasteiger charge is 2.15. The largest absolute Gasteiger partial charge is 0.460 e. The summed E-state index contributed by atoms with van der Waals surface area (Å²) in [6, 6.07) is 12.3. The number of sulfonamides is 1. The summed E-state index contributed by atoms with van der Waals surface area (Å²) in [5.74, 6) is -0.548. The third kappa shape index (κ3) is 5.06. The van der Waals surface area contributed by atoms with Gasteiger partial charge in [-0.15, -0.1) is 0 Å². The minimum absolute atomic E-state index is 0.0528. The van der Waals surface area contributed by atoms with Crippen LogP contribution >= 0.6 is 11.6 Å². The molecule has 2 aromatic rings. The standard InChI is InChI=1S/C16H16ClNO4S/c1-12(17)11-22-16(19)8-9-18-23(20,21)15-7-6-13-4-2-3-5-14(13)10-15/h2-7,10,18H,1,8-9,11H2. The molecule has 5 nitrogen and oxygen atoms in total. The lowest BCUT2D eigenvalue weighted by Gasteiger charge is -2.08. The van der Waals surface area contributed by atoms with Crippen LogP contribution in [0.15, 0.2) is 59.0 Å². The molecule has 0 unspecified atom stereocenters. The highest BCUT2D eigenvalue weighted by atomic mass is 35.5. The number of ether oxygens (including phenoxy) is 1. The van der Waals surface area contributed by atoms with Crippen LogP contribution in [0.4, 0.5) is 0 Å². The highest BCUT2D eigenvalue weighted by molar-refractivity contribution is 7.89. The predicted octanol–water partition coefficient (Wildman–Crippen LogP) is 2.80. The van der Waals surface area contributed by atoms with E-state index in [9.17, 15) is 13.2 Å². The van der Waals surface area contributed by atoms with Crippen molar-refractivity contribution in [3.63, 3.8) is 0 Å². The van der Waals surface area contributed by atoms with Gasteiger partial charge in [-0.05, 0) is 22.9 Å². The molecule has 0 amide bonds. The van der Waals surface area contributed by atoms with E-state index in [2.05, 4.69) is 11.3 Å². The molecule has 7 heteroatoms. The van der Waals surface area contributed by atoms with Gasteiger partial charge in [0.15, 0.2) is 0 Å². The van der Waals surface area contributed by atoms with Gasteiger partial charge in [0.2, 0.25) is 10.0 Å². The average molecular weight is 354 g/mol. The Kier molecular flexibility index (Phi) is 5.76. The molecule has 0 saturated carbocycles. The van der Waals surface area contributed by atoms with Crippen LogP contribution in [0.5, 0.6) is 0 Å². The lowest BCUT2D eigenvalue weighted by molar-refractivity contribution is -0.142. The van der Waals surface area contributed by atoms with Gasteiger partial charge in [0.1, 0.15) is 6.61 Å². The molecular formula is C16H16ClNO4S. The van der Waals surface area contributed by atoms with Crippen molar-refractivity contribution in [2.45, 2.75) is 11.3 Å². The minimum atomic E-state index is -3.68. The number of fused-ring (bicyclic) bond motifs is 1. The molecule has 0 heterocycles. The van der Waals surface area contributed by atoms with Crippen LogP contribution in [-0.4, -0.2) is 27.5 Å². The Hall–Kier alpha value is -1.89. The summed E-state index contributed by atoms with van der Waals surface area (Å²) in [4.78, 5) is 11.5. The second-order valence-electron chi connectivity index (χ2n) is 4.83. The van der Waals surface area contributed by atoms with Gasteiger partial charge < -0.3 is 4.74 Å². The maximum atomic E-state index is 12.2. The molecule has 0 fully saturated rings. The predicted molar refractivity (Wildman–Crippen MR) is 89.7 cm³/mol. The summed E-state index contributed by atoms with van der Waals surface area (Å²) in [5.41, 5.74) is 0. The number of halogens is 1. The fourth-order valence-electron chi connectivity index (χ4n) is 1.94. The van der Waals surface area contributed by atoms with Gasteiger partial charge in [-0.25, -0.2) is 13.1 Å². The van der Waals surface area contributed by atoms with Crippen molar-refractivity contribution >= 4 is 38.4 Å². The van der Waals surface area contributed by atoms with E-state index in [-0.39, 0.29) is 29.5 Å². The Morgan fingerprint density at radius 1 is 1.17 bits per heavy atom. The van der Waals surface area contributed by atoms with E-state index in [0.717, 1.165) is 10.8 Å².